The Labute approximate surface area is 120 Å². The van der Waals surface area contributed by atoms with Crippen molar-refractivity contribution in [3.8, 4) is 0 Å². The van der Waals surface area contributed by atoms with Crippen molar-refractivity contribution in [3.63, 3.8) is 0 Å². The van der Waals surface area contributed by atoms with Gasteiger partial charge in [-0.25, -0.2) is 0 Å². The van der Waals surface area contributed by atoms with Gasteiger partial charge >= 0.3 is 0 Å². The molecule has 1 aromatic carbocycles. The maximum absolute atomic E-state index is 11.8. The summed E-state index contributed by atoms with van der Waals surface area (Å²) in [7, 11) is 0. The van der Waals surface area contributed by atoms with Crippen LogP contribution in [0.1, 0.15) is 24.2 Å². The fourth-order valence-electron chi connectivity index (χ4n) is 1.43. The van der Waals surface area contributed by atoms with E-state index in [1.54, 1.807) is 13.8 Å². The number of hydrogen-bond donors (Lipinski definition) is 2. The molecule has 0 radical (unpaired) electrons. The normalized spacial score (nSPS) is 10.2. The molecule has 0 heterocycles. The number of nitrogens with one attached hydrogen (secondary N) is 2. The van der Waals surface area contributed by atoms with Crippen molar-refractivity contribution in [1.82, 2.24) is 10.6 Å². The van der Waals surface area contributed by atoms with Crippen LogP contribution in [0.4, 0.5) is 5.69 Å². The van der Waals surface area contributed by atoms with Crippen molar-refractivity contribution in [3.05, 3.63) is 38.9 Å². The smallest absolute Gasteiger partial charge is 0.270 e. The van der Waals surface area contributed by atoms with E-state index in [1.165, 1.54) is 12.1 Å². The molecule has 0 aromatic heterocycles. The third kappa shape index (κ3) is 4.51. The summed E-state index contributed by atoms with van der Waals surface area (Å²) in [5, 5.41) is 15.7. The van der Waals surface area contributed by atoms with E-state index in [0.29, 0.717) is 0 Å². The minimum Gasteiger partial charge on any atom is -0.352 e. The molecule has 1 aromatic rings. The summed E-state index contributed by atoms with van der Waals surface area (Å²) < 4.78 is 0. The first-order valence-corrected chi connectivity index (χ1v) is 6.20. The van der Waals surface area contributed by atoms with E-state index in [1.807, 2.05) is 0 Å². The van der Waals surface area contributed by atoms with Crippen LogP contribution in [0.25, 0.3) is 0 Å². The lowest BCUT2D eigenvalue weighted by Gasteiger charge is -2.09. The Morgan fingerprint density at radius 2 is 2.05 bits per heavy atom. The van der Waals surface area contributed by atoms with Crippen LogP contribution >= 0.6 is 11.6 Å². The molecule has 0 saturated heterocycles. The van der Waals surface area contributed by atoms with Crippen LogP contribution in [0.15, 0.2) is 18.2 Å². The van der Waals surface area contributed by atoms with E-state index in [9.17, 15) is 19.7 Å². The largest absolute Gasteiger partial charge is 0.352 e. The van der Waals surface area contributed by atoms with Gasteiger partial charge in [-0.05, 0) is 19.9 Å². The van der Waals surface area contributed by atoms with Crippen LogP contribution in [-0.2, 0) is 4.79 Å². The highest BCUT2D eigenvalue weighted by Gasteiger charge is 2.16. The number of carbonyl (C=O) groups excluding carboxylic acids is 2. The number of carbonyl (C=O) groups is 2. The number of benzene rings is 1. The van der Waals surface area contributed by atoms with Gasteiger partial charge in [0.2, 0.25) is 5.91 Å². The third-order valence-corrected chi connectivity index (χ3v) is 2.59. The number of amides is 2. The summed E-state index contributed by atoms with van der Waals surface area (Å²) in [5.74, 6) is -0.993. The summed E-state index contributed by atoms with van der Waals surface area (Å²) in [6.45, 7) is 3.35. The van der Waals surface area contributed by atoms with Gasteiger partial charge in [0, 0.05) is 18.2 Å². The first kappa shape index (κ1) is 15.9. The Bertz CT molecular complexity index is 546. The highest BCUT2D eigenvalue weighted by molar-refractivity contribution is 6.34. The van der Waals surface area contributed by atoms with E-state index in [0.717, 1.165) is 6.07 Å². The molecule has 2 amide bonds. The molecule has 7 nitrogen and oxygen atoms in total. The van der Waals surface area contributed by atoms with Crippen LogP contribution in [0.2, 0.25) is 5.02 Å². The maximum atomic E-state index is 11.8. The number of nitro benzene ring substituents is 1. The Hall–Kier alpha value is -2.15. The minimum atomic E-state index is -0.641. The topological polar surface area (TPSA) is 101 Å². The molecule has 0 aliphatic carbocycles. The molecule has 0 aliphatic rings. The zero-order chi connectivity index (χ0) is 15.3. The van der Waals surface area contributed by atoms with Gasteiger partial charge in [0.15, 0.2) is 0 Å². The minimum absolute atomic E-state index is 0.0409. The van der Waals surface area contributed by atoms with E-state index in [2.05, 4.69) is 10.6 Å². The lowest BCUT2D eigenvalue weighted by molar-refractivity contribution is -0.384. The molecule has 8 heteroatoms. The number of rotatable bonds is 5. The summed E-state index contributed by atoms with van der Waals surface area (Å²) in [6, 6.07) is 3.49. The zero-order valence-corrected chi connectivity index (χ0v) is 11.7. The SMILES string of the molecule is CC(C)NC(=O)CNC(=O)c1cc([N+](=O)[O-])ccc1Cl. The predicted octanol–water partition coefficient (Wildman–Crippen LogP) is 1.50. The Kier molecular flexibility index (Phi) is 5.45. The molecule has 108 valence electrons. The summed E-state index contributed by atoms with van der Waals surface area (Å²) in [4.78, 5) is 33.2. The Morgan fingerprint density at radius 3 is 2.60 bits per heavy atom. The Balaban J connectivity index is 2.75. The van der Waals surface area contributed by atoms with Crippen LogP contribution in [0.5, 0.6) is 0 Å². The molecular weight excluding hydrogens is 286 g/mol. The van der Waals surface area contributed by atoms with Gasteiger partial charge in [0.05, 0.1) is 22.1 Å². The predicted molar refractivity (Wildman–Crippen MR) is 73.7 cm³/mol. The fourth-order valence-corrected chi connectivity index (χ4v) is 1.63. The number of non-ortho nitro benzene ring substituents is 1. The van der Waals surface area contributed by atoms with Gasteiger partial charge in [0.25, 0.3) is 11.6 Å². The second-order valence-corrected chi connectivity index (χ2v) is 4.73. The molecule has 20 heavy (non-hydrogen) atoms. The molecule has 0 saturated carbocycles. The molecule has 0 aliphatic heterocycles. The number of halogens is 1. The molecule has 0 atom stereocenters. The van der Waals surface area contributed by atoms with Crippen molar-refractivity contribution < 1.29 is 14.5 Å². The monoisotopic (exact) mass is 299 g/mol. The van der Waals surface area contributed by atoms with E-state index < -0.39 is 10.8 Å². The van der Waals surface area contributed by atoms with Crippen molar-refractivity contribution in [2.24, 2.45) is 0 Å². The highest BCUT2D eigenvalue weighted by Crippen LogP contribution is 2.21. The van der Waals surface area contributed by atoms with Gasteiger partial charge in [0.1, 0.15) is 0 Å². The first-order valence-electron chi connectivity index (χ1n) is 5.82. The molecule has 0 bridgehead atoms. The highest BCUT2D eigenvalue weighted by atomic mass is 35.5. The van der Waals surface area contributed by atoms with Crippen LogP contribution in [0, 0.1) is 10.1 Å². The molecule has 0 unspecified atom stereocenters. The van der Waals surface area contributed by atoms with E-state index in [4.69, 9.17) is 11.6 Å². The number of nitrogens with zero attached hydrogens (tertiary/aromatic N) is 1. The molecular formula is C12H14ClN3O4. The summed E-state index contributed by atoms with van der Waals surface area (Å²) >= 11 is 5.81. The second-order valence-electron chi connectivity index (χ2n) is 4.33. The van der Waals surface area contributed by atoms with Gasteiger partial charge in [-0.1, -0.05) is 11.6 Å². The van der Waals surface area contributed by atoms with E-state index in [-0.39, 0.29) is 34.8 Å². The summed E-state index contributed by atoms with van der Waals surface area (Å²) in [5.41, 5.74) is -0.288. The second kappa shape index (κ2) is 6.85. The quantitative estimate of drug-likeness (QED) is 0.635. The number of hydrogen-bond acceptors (Lipinski definition) is 4. The van der Waals surface area contributed by atoms with Crippen molar-refractivity contribution in [1.29, 1.82) is 0 Å². The van der Waals surface area contributed by atoms with Gasteiger partial charge in [-0.2, -0.15) is 0 Å². The van der Waals surface area contributed by atoms with Crippen molar-refractivity contribution >= 4 is 29.1 Å². The van der Waals surface area contributed by atoms with Gasteiger partial charge in [-0.15, -0.1) is 0 Å². The van der Waals surface area contributed by atoms with Crippen LogP contribution in [0.3, 0.4) is 0 Å². The lowest BCUT2D eigenvalue weighted by atomic mass is 10.2. The average Bonchev–Trinajstić information content (AvgIpc) is 2.35. The van der Waals surface area contributed by atoms with Gasteiger partial charge in [-0.3, -0.25) is 19.7 Å². The molecule has 1 rings (SSSR count). The zero-order valence-electron chi connectivity index (χ0n) is 11.0. The molecule has 2 N–H and O–H groups in total. The van der Waals surface area contributed by atoms with Crippen LogP contribution < -0.4 is 10.6 Å². The van der Waals surface area contributed by atoms with Crippen molar-refractivity contribution in [2.45, 2.75) is 19.9 Å². The molecule has 0 fully saturated rings. The maximum Gasteiger partial charge on any atom is 0.270 e. The third-order valence-electron chi connectivity index (χ3n) is 2.26. The van der Waals surface area contributed by atoms with E-state index >= 15 is 0 Å². The Morgan fingerprint density at radius 1 is 1.40 bits per heavy atom. The fraction of sp³-hybridized carbons (Fsp3) is 0.333. The standard InChI is InChI=1S/C12H14ClN3O4/c1-7(2)15-11(17)6-14-12(18)9-5-8(16(19)20)3-4-10(9)13/h3-5,7H,6H2,1-2H3,(H,14,18)(H,15,17). The lowest BCUT2D eigenvalue weighted by Crippen LogP contribution is -2.39. The van der Waals surface area contributed by atoms with Gasteiger partial charge < -0.3 is 10.6 Å². The number of nitro groups is 1. The first-order chi connectivity index (χ1) is 9.31. The molecule has 0 spiro atoms. The van der Waals surface area contributed by atoms with Crippen molar-refractivity contribution in [2.75, 3.05) is 6.54 Å². The van der Waals surface area contributed by atoms with Crippen LogP contribution in [-0.4, -0.2) is 29.3 Å². The summed E-state index contributed by atoms with van der Waals surface area (Å²) in [6.07, 6.45) is 0. The average molecular weight is 300 g/mol.